The van der Waals surface area contributed by atoms with Gasteiger partial charge in [0.1, 0.15) is 11.4 Å². The molecule has 2 rings (SSSR count). The minimum absolute atomic E-state index is 0.577. The third kappa shape index (κ3) is 2.18. The van der Waals surface area contributed by atoms with Gasteiger partial charge in [0, 0.05) is 25.6 Å². The minimum Gasteiger partial charge on any atom is -0.495 e. The van der Waals surface area contributed by atoms with Crippen LogP contribution >= 0.6 is 0 Å². The predicted molar refractivity (Wildman–Crippen MR) is 59.5 cm³/mol. The molecule has 1 saturated heterocycles. The predicted octanol–water partition coefficient (Wildman–Crippen LogP) is 1.53. The van der Waals surface area contributed by atoms with Crippen molar-refractivity contribution < 1.29 is 9.84 Å². The average molecular weight is 211 g/mol. The van der Waals surface area contributed by atoms with Gasteiger partial charge in [-0.15, -0.1) is 0 Å². The van der Waals surface area contributed by atoms with Crippen molar-refractivity contribution in [3.05, 3.63) is 11.8 Å². The molecule has 1 N–H and O–H groups in total. The Bertz CT molecular complexity index is 252. The molecule has 0 spiro atoms. The molecule has 86 valence electrons. The number of piperidine rings is 1. The molecule has 0 bridgehead atoms. The van der Waals surface area contributed by atoms with E-state index in [1.54, 1.807) is 0 Å². The molecule has 0 unspecified atom stereocenters. The summed E-state index contributed by atoms with van der Waals surface area (Å²) in [5, 5.41) is 10.5. The number of likely N-dealkylation sites (tertiary alicyclic amines) is 1. The smallest absolute Gasteiger partial charge is 0.124 e. The summed E-state index contributed by atoms with van der Waals surface area (Å²) in [6.45, 7) is 7.08. The van der Waals surface area contributed by atoms with Crippen molar-refractivity contribution in [1.82, 2.24) is 4.90 Å². The summed E-state index contributed by atoms with van der Waals surface area (Å²) in [4.78, 5) is 2.41. The second-order valence-corrected chi connectivity index (χ2v) is 4.87. The van der Waals surface area contributed by atoms with E-state index in [9.17, 15) is 5.11 Å². The van der Waals surface area contributed by atoms with E-state index < -0.39 is 5.60 Å². The van der Waals surface area contributed by atoms with E-state index in [1.165, 1.54) is 0 Å². The molecule has 3 heteroatoms. The monoisotopic (exact) mass is 211 g/mol. The maximum Gasteiger partial charge on any atom is 0.124 e. The van der Waals surface area contributed by atoms with Gasteiger partial charge in [-0.2, -0.15) is 0 Å². The van der Waals surface area contributed by atoms with Gasteiger partial charge in [-0.25, -0.2) is 0 Å². The minimum atomic E-state index is -0.679. The number of ether oxygens (including phenoxy) is 1. The lowest BCUT2D eigenvalue weighted by Gasteiger charge is -2.40. The molecule has 0 radical (unpaired) electrons. The topological polar surface area (TPSA) is 32.7 Å². The first kappa shape index (κ1) is 11.0. The number of hydrogen-bond donors (Lipinski definition) is 1. The molecule has 3 nitrogen and oxygen atoms in total. The summed E-state index contributed by atoms with van der Waals surface area (Å²) >= 11 is 0. The zero-order valence-electron chi connectivity index (χ0n) is 9.70. The van der Waals surface area contributed by atoms with Crippen LogP contribution in [0.3, 0.4) is 0 Å². The van der Waals surface area contributed by atoms with Crippen molar-refractivity contribution in [1.29, 1.82) is 0 Å². The Morgan fingerprint density at radius 3 is 2.53 bits per heavy atom. The fourth-order valence-corrected chi connectivity index (χ4v) is 2.40. The third-order valence-corrected chi connectivity index (χ3v) is 3.52. The highest BCUT2D eigenvalue weighted by molar-refractivity contribution is 5.14. The Balaban J connectivity index is 1.96. The summed E-state index contributed by atoms with van der Waals surface area (Å²) < 4.78 is 5.48. The summed E-state index contributed by atoms with van der Waals surface area (Å²) in [6.07, 6.45) is 4.60. The van der Waals surface area contributed by atoms with Crippen molar-refractivity contribution in [2.45, 2.75) is 44.8 Å². The molecule has 0 saturated carbocycles. The molecule has 2 aliphatic rings. The normalized spacial score (nSPS) is 26.5. The van der Waals surface area contributed by atoms with Crippen LogP contribution in [-0.4, -0.2) is 41.3 Å². The number of aliphatic hydroxyl groups is 1. The van der Waals surface area contributed by atoms with Gasteiger partial charge in [0.2, 0.25) is 0 Å². The largest absolute Gasteiger partial charge is 0.495 e. The lowest BCUT2D eigenvalue weighted by molar-refractivity contribution is -0.0354. The zero-order chi connectivity index (χ0) is 10.9. The first-order valence-corrected chi connectivity index (χ1v) is 5.92. The van der Waals surface area contributed by atoms with Gasteiger partial charge >= 0.3 is 0 Å². The van der Waals surface area contributed by atoms with Crippen LogP contribution in [0, 0.1) is 0 Å². The van der Waals surface area contributed by atoms with Crippen LogP contribution in [0.1, 0.15) is 33.1 Å². The number of hydrogen-bond acceptors (Lipinski definition) is 3. The van der Waals surface area contributed by atoms with Crippen LogP contribution in [0.5, 0.6) is 0 Å². The summed E-state index contributed by atoms with van der Waals surface area (Å²) in [6, 6.07) is 0.577. The van der Waals surface area contributed by atoms with Gasteiger partial charge in [0.05, 0.1) is 6.61 Å². The Labute approximate surface area is 91.7 Å². The van der Waals surface area contributed by atoms with Gasteiger partial charge in [-0.3, -0.25) is 0 Å². The van der Waals surface area contributed by atoms with Crippen LogP contribution in [0.4, 0.5) is 0 Å². The molecule has 1 fully saturated rings. The maximum absolute atomic E-state index is 10.5. The van der Waals surface area contributed by atoms with Crippen LogP contribution in [0.2, 0.25) is 0 Å². The summed E-state index contributed by atoms with van der Waals surface area (Å²) in [5.74, 6) is 0.825. The van der Waals surface area contributed by atoms with Crippen molar-refractivity contribution in [2.24, 2.45) is 0 Å². The molecular formula is C12H21NO2. The Morgan fingerprint density at radius 2 is 2.07 bits per heavy atom. The van der Waals surface area contributed by atoms with Crippen LogP contribution in [0.15, 0.2) is 11.8 Å². The Hall–Kier alpha value is -0.540. The molecule has 2 heterocycles. The first-order chi connectivity index (χ1) is 7.12. The van der Waals surface area contributed by atoms with Crippen molar-refractivity contribution >= 4 is 0 Å². The molecule has 2 aliphatic heterocycles. The van der Waals surface area contributed by atoms with Gasteiger partial charge in [0.15, 0.2) is 0 Å². The standard InChI is InChI=1S/C12H21NO2/c1-10(2)13-7-5-12(14,6-8-13)11-4-3-9-15-11/h4,10,14H,3,5-9H2,1-2H3. The lowest BCUT2D eigenvalue weighted by atomic mass is 9.88. The summed E-state index contributed by atoms with van der Waals surface area (Å²) in [7, 11) is 0. The SMILES string of the molecule is CC(C)N1CCC(O)(C2=CCCO2)CC1. The lowest BCUT2D eigenvalue weighted by Crippen LogP contribution is -2.47. The highest BCUT2D eigenvalue weighted by Crippen LogP contribution is 2.33. The molecule has 0 aromatic rings. The van der Waals surface area contributed by atoms with Crippen LogP contribution < -0.4 is 0 Å². The fraction of sp³-hybridized carbons (Fsp3) is 0.833. The zero-order valence-corrected chi connectivity index (χ0v) is 9.70. The quantitative estimate of drug-likeness (QED) is 0.752. The Morgan fingerprint density at radius 1 is 1.40 bits per heavy atom. The molecule has 0 aromatic heterocycles. The maximum atomic E-state index is 10.5. The molecular weight excluding hydrogens is 190 g/mol. The van der Waals surface area contributed by atoms with E-state index in [0.717, 1.165) is 44.7 Å². The van der Waals surface area contributed by atoms with E-state index >= 15 is 0 Å². The third-order valence-electron chi connectivity index (χ3n) is 3.52. The molecule has 0 aromatic carbocycles. The van der Waals surface area contributed by atoms with Gasteiger partial charge in [-0.05, 0) is 32.8 Å². The van der Waals surface area contributed by atoms with E-state index in [-0.39, 0.29) is 0 Å². The highest BCUT2D eigenvalue weighted by atomic mass is 16.5. The fourth-order valence-electron chi connectivity index (χ4n) is 2.40. The molecule has 0 atom stereocenters. The highest BCUT2D eigenvalue weighted by Gasteiger charge is 2.38. The molecule has 0 aliphatic carbocycles. The van der Waals surface area contributed by atoms with Crippen LogP contribution in [0.25, 0.3) is 0 Å². The average Bonchev–Trinajstić information content (AvgIpc) is 2.71. The van der Waals surface area contributed by atoms with Gasteiger partial charge < -0.3 is 14.7 Å². The number of nitrogens with zero attached hydrogens (tertiary/aromatic N) is 1. The first-order valence-electron chi connectivity index (χ1n) is 5.92. The summed E-state index contributed by atoms with van der Waals surface area (Å²) in [5.41, 5.74) is -0.679. The van der Waals surface area contributed by atoms with Gasteiger partial charge in [0.25, 0.3) is 0 Å². The van der Waals surface area contributed by atoms with E-state index in [4.69, 9.17) is 4.74 Å². The molecule has 0 amide bonds. The molecule has 15 heavy (non-hydrogen) atoms. The van der Waals surface area contributed by atoms with Crippen molar-refractivity contribution in [2.75, 3.05) is 19.7 Å². The second kappa shape index (κ2) is 4.14. The number of rotatable bonds is 2. The van der Waals surface area contributed by atoms with Crippen molar-refractivity contribution in [3.8, 4) is 0 Å². The second-order valence-electron chi connectivity index (χ2n) is 4.87. The van der Waals surface area contributed by atoms with E-state index in [2.05, 4.69) is 18.7 Å². The van der Waals surface area contributed by atoms with Crippen molar-refractivity contribution in [3.63, 3.8) is 0 Å². The van der Waals surface area contributed by atoms with Gasteiger partial charge in [-0.1, -0.05) is 0 Å². The van der Waals surface area contributed by atoms with E-state index in [0.29, 0.717) is 6.04 Å². The Kier molecular flexibility index (Phi) is 3.03. The van der Waals surface area contributed by atoms with E-state index in [1.807, 2.05) is 6.08 Å². The van der Waals surface area contributed by atoms with Crippen LogP contribution in [-0.2, 0) is 4.74 Å².